The third-order valence-corrected chi connectivity index (χ3v) is 7.63. The normalized spacial score (nSPS) is 16.8. The number of rotatable bonds is 9. The van der Waals surface area contributed by atoms with E-state index in [1.165, 1.54) is 11.3 Å². The molecule has 1 aliphatic carbocycles. The molecule has 1 fully saturated rings. The topological polar surface area (TPSA) is 103 Å². The summed E-state index contributed by atoms with van der Waals surface area (Å²) in [6.07, 6.45) is 3.80. The quantitative estimate of drug-likeness (QED) is 0.311. The fraction of sp³-hybridized carbons (Fsp3) is 0.667. The van der Waals surface area contributed by atoms with Crippen molar-refractivity contribution in [2.75, 3.05) is 40.3 Å². The first kappa shape index (κ1) is 22.6. The van der Waals surface area contributed by atoms with Gasteiger partial charge in [-0.1, -0.05) is 18.9 Å². The monoisotopic (exact) mass is 429 g/mol. The molecule has 1 aromatic rings. The van der Waals surface area contributed by atoms with Crippen LogP contribution in [0.1, 0.15) is 32.6 Å². The lowest BCUT2D eigenvalue weighted by Gasteiger charge is -2.29. The smallest absolute Gasteiger partial charge is 0.250 e. The Kier molecular flexibility index (Phi) is 8.26. The van der Waals surface area contributed by atoms with Gasteiger partial charge in [0.15, 0.2) is 5.96 Å². The summed E-state index contributed by atoms with van der Waals surface area (Å²) in [6.45, 7) is 3.71. The van der Waals surface area contributed by atoms with Crippen LogP contribution in [-0.4, -0.2) is 65.5 Å². The number of aliphatic imine (C=N–C) groups is 1. The number of nitrogens with one attached hydrogen (secondary N) is 3. The van der Waals surface area contributed by atoms with Crippen LogP contribution in [0.3, 0.4) is 0 Å². The lowest BCUT2D eigenvalue weighted by molar-refractivity contribution is -0.138. The molecular weight excluding hydrogens is 398 g/mol. The molecule has 1 aromatic heterocycles. The van der Waals surface area contributed by atoms with Gasteiger partial charge in [-0.05, 0) is 31.2 Å². The van der Waals surface area contributed by atoms with E-state index in [1.54, 1.807) is 36.5 Å². The number of sulfonamides is 1. The molecule has 0 saturated heterocycles. The second kappa shape index (κ2) is 10.2. The van der Waals surface area contributed by atoms with E-state index in [4.69, 9.17) is 0 Å². The highest BCUT2D eigenvalue weighted by atomic mass is 32.2. The minimum Gasteiger partial charge on any atom is -0.357 e. The van der Waals surface area contributed by atoms with E-state index in [-0.39, 0.29) is 12.5 Å². The molecule has 1 amide bonds. The molecule has 0 unspecified atom stereocenters. The lowest BCUT2D eigenvalue weighted by Crippen LogP contribution is -2.44. The summed E-state index contributed by atoms with van der Waals surface area (Å²) in [6, 6.07) is 3.29. The second-order valence-electron chi connectivity index (χ2n) is 7.14. The Morgan fingerprint density at radius 2 is 1.96 bits per heavy atom. The predicted molar refractivity (Wildman–Crippen MR) is 113 cm³/mol. The first-order valence-corrected chi connectivity index (χ1v) is 11.9. The maximum atomic E-state index is 12.7. The molecule has 3 N–H and O–H groups in total. The molecule has 1 heterocycles. The Bertz CT molecular complexity index is 754. The number of carbonyl (C=O) groups excluding carboxylic acids is 1. The average molecular weight is 430 g/mol. The van der Waals surface area contributed by atoms with Crippen molar-refractivity contribution in [3.05, 3.63) is 17.5 Å². The van der Waals surface area contributed by atoms with Gasteiger partial charge in [0.25, 0.3) is 0 Å². The molecule has 0 bridgehead atoms. The number of carbonyl (C=O) groups is 1. The fourth-order valence-electron chi connectivity index (χ4n) is 3.39. The highest BCUT2D eigenvalue weighted by Crippen LogP contribution is 2.39. The fourth-order valence-corrected chi connectivity index (χ4v) is 5.46. The van der Waals surface area contributed by atoms with Gasteiger partial charge in [-0.25, -0.2) is 13.1 Å². The number of hydrogen-bond donors (Lipinski definition) is 3. The van der Waals surface area contributed by atoms with Crippen molar-refractivity contribution in [1.82, 2.24) is 20.3 Å². The van der Waals surface area contributed by atoms with Gasteiger partial charge >= 0.3 is 0 Å². The molecule has 1 aliphatic rings. The van der Waals surface area contributed by atoms with Crippen LogP contribution >= 0.6 is 11.3 Å². The van der Waals surface area contributed by atoms with E-state index in [0.29, 0.717) is 29.8 Å². The Hall–Kier alpha value is -1.65. The minimum absolute atomic E-state index is 0.133. The maximum Gasteiger partial charge on any atom is 0.250 e. The number of amides is 1. The highest BCUT2D eigenvalue weighted by Gasteiger charge is 2.42. The van der Waals surface area contributed by atoms with Crippen LogP contribution in [0.2, 0.25) is 0 Å². The van der Waals surface area contributed by atoms with Crippen LogP contribution in [0.15, 0.2) is 26.7 Å². The standard InChI is InChI=1S/C18H31N5O3S2/c1-4-19-17(20-11-12-22-28(25,26)15-8-7-13-27-15)21-14-18(9-5-6-10-18)16(24)23(2)3/h7-8,13,22H,4-6,9-12,14H2,1-3H3,(H2,19,20,21). The lowest BCUT2D eigenvalue weighted by atomic mass is 9.85. The van der Waals surface area contributed by atoms with Gasteiger partial charge in [0.05, 0.1) is 12.0 Å². The summed E-state index contributed by atoms with van der Waals surface area (Å²) in [5.74, 6) is 0.726. The van der Waals surface area contributed by atoms with E-state index in [9.17, 15) is 13.2 Å². The molecule has 2 rings (SSSR count). The highest BCUT2D eigenvalue weighted by molar-refractivity contribution is 7.91. The summed E-state index contributed by atoms with van der Waals surface area (Å²) >= 11 is 1.19. The Balaban J connectivity index is 1.92. The van der Waals surface area contributed by atoms with E-state index < -0.39 is 15.4 Å². The number of nitrogens with zero attached hydrogens (tertiary/aromatic N) is 2. The van der Waals surface area contributed by atoms with Crippen LogP contribution < -0.4 is 15.4 Å². The molecule has 0 aromatic carbocycles. The van der Waals surface area contributed by atoms with Crippen LogP contribution in [-0.2, 0) is 14.8 Å². The average Bonchev–Trinajstić information content (AvgIpc) is 3.35. The van der Waals surface area contributed by atoms with Gasteiger partial charge in [0.1, 0.15) is 4.21 Å². The number of hydrogen-bond acceptors (Lipinski definition) is 5. The van der Waals surface area contributed by atoms with Gasteiger partial charge in [-0.2, -0.15) is 0 Å². The van der Waals surface area contributed by atoms with Gasteiger partial charge in [0.2, 0.25) is 15.9 Å². The van der Waals surface area contributed by atoms with Crippen LogP contribution in [0.25, 0.3) is 0 Å². The predicted octanol–water partition coefficient (Wildman–Crippen LogP) is 1.23. The van der Waals surface area contributed by atoms with Crippen molar-refractivity contribution in [2.24, 2.45) is 10.4 Å². The van der Waals surface area contributed by atoms with Crippen molar-refractivity contribution >= 4 is 33.2 Å². The van der Waals surface area contributed by atoms with E-state index in [2.05, 4.69) is 20.3 Å². The molecule has 0 spiro atoms. The van der Waals surface area contributed by atoms with E-state index >= 15 is 0 Å². The summed E-state index contributed by atoms with van der Waals surface area (Å²) in [4.78, 5) is 18.9. The van der Waals surface area contributed by atoms with Crippen molar-refractivity contribution in [3.63, 3.8) is 0 Å². The van der Waals surface area contributed by atoms with Crippen molar-refractivity contribution < 1.29 is 13.2 Å². The summed E-state index contributed by atoms with van der Waals surface area (Å²) in [5.41, 5.74) is -0.424. The molecule has 0 aliphatic heterocycles. The molecule has 28 heavy (non-hydrogen) atoms. The molecule has 158 valence electrons. The molecule has 8 nitrogen and oxygen atoms in total. The Morgan fingerprint density at radius 3 is 2.54 bits per heavy atom. The zero-order chi connectivity index (χ0) is 20.6. The van der Waals surface area contributed by atoms with Gasteiger partial charge in [-0.3, -0.25) is 9.79 Å². The number of thiophene rings is 1. The van der Waals surface area contributed by atoms with Gasteiger partial charge < -0.3 is 15.5 Å². The van der Waals surface area contributed by atoms with Crippen LogP contribution in [0.5, 0.6) is 0 Å². The van der Waals surface area contributed by atoms with Gasteiger partial charge in [0, 0.05) is 33.7 Å². The summed E-state index contributed by atoms with van der Waals surface area (Å²) < 4.78 is 27.1. The minimum atomic E-state index is -3.47. The first-order valence-electron chi connectivity index (χ1n) is 9.58. The van der Waals surface area contributed by atoms with Crippen molar-refractivity contribution in [2.45, 2.75) is 36.8 Å². The molecular formula is C18H31N5O3S2. The molecule has 10 heteroatoms. The summed E-state index contributed by atoms with van der Waals surface area (Å²) in [7, 11) is 0.109. The second-order valence-corrected chi connectivity index (χ2v) is 10.1. The van der Waals surface area contributed by atoms with E-state index in [1.807, 2.05) is 6.92 Å². The Labute approximate surface area is 171 Å². The van der Waals surface area contributed by atoms with Gasteiger partial charge in [-0.15, -0.1) is 11.3 Å². The van der Waals surface area contributed by atoms with E-state index in [0.717, 1.165) is 25.7 Å². The molecule has 0 atom stereocenters. The van der Waals surface area contributed by atoms with Crippen molar-refractivity contribution in [3.8, 4) is 0 Å². The Morgan fingerprint density at radius 1 is 1.25 bits per heavy atom. The molecule has 1 saturated carbocycles. The van der Waals surface area contributed by atoms with Crippen LogP contribution in [0, 0.1) is 5.41 Å². The first-order chi connectivity index (χ1) is 13.3. The zero-order valence-electron chi connectivity index (χ0n) is 16.8. The molecule has 0 radical (unpaired) electrons. The third kappa shape index (κ3) is 5.92. The number of guanidine groups is 1. The maximum absolute atomic E-state index is 12.7. The largest absolute Gasteiger partial charge is 0.357 e. The zero-order valence-corrected chi connectivity index (χ0v) is 18.5. The van der Waals surface area contributed by atoms with Crippen molar-refractivity contribution in [1.29, 1.82) is 0 Å². The SMILES string of the molecule is CCNC(=NCC1(C(=O)N(C)C)CCCC1)NCCNS(=O)(=O)c1cccs1. The summed E-state index contributed by atoms with van der Waals surface area (Å²) in [5, 5.41) is 8.03. The van der Waals surface area contributed by atoms with Crippen LogP contribution in [0.4, 0.5) is 0 Å². The third-order valence-electron chi connectivity index (χ3n) is 4.77.